The van der Waals surface area contributed by atoms with Crippen LogP contribution in [0, 0.1) is 23.7 Å². The Labute approximate surface area is 154 Å². The molecule has 2 aliphatic rings. The van der Waals surface area contributed by atoms with Crippen molar-refractivity contribution in [3.05, 3.63) is 23.8 Å². The largest absolute Gasteiger partial charge is 0.454 e. The predicted octanol–water partition coefficient (Wildman–Crippen LogP) is 2.20. The second-order valence-corrected chi connectivity index (χ2v) is 7.57. The lowest BCUT2D eigenvalue weighted by Gasteiger charge is -2.46. The number of hydrogen-bond acceptors (Lipinski definition) is 6. The van der Waals surface area contributed by atoms with E-state index in [0.29, 0.717) is 11.1 Å². The number of carbonyl (C=O) groups excluding carboxylic acids is 3. The summed E-state index contributed by atoms with van der Waals surface area (Å²) in [6, 6.07) is 0. The van der Waals surface area contributed by atoms with Crippen LogP contribution in [0.3, 0.4) is 0 Å². The standard InChI is InChI=1S/C20H28O6/c1-7-10(4)20(24)26-18-11(5)13-8-14(22)19(25-12(6)21)16(13)15(9(2)3)17(18)23/h7,9,13,15-19,23H,5,8H2,1-4,6H3/b10-7-/t13-,15-,16+,17-,18-,19-/m0/s1. The van der Waals surface area contributed by atoms with E-state index in [9.17, 15) is 19.5 Å². The maximum absolute atomic E-state index is 12.5. The molecule has 0 amide bonds. The monoisotopic (exact) mass is 364 g/mol. The van der Waals surface area contributed by atoms with Gasteiger partial charge in [0.05, 0.1) is 6.10 Å². The van der Waals surface area contributed by atoms with Crippen molar-refractivity contribution in [3.8, 4) is 0 Å². The number of ether oxygens (including phenoxy) is 2. The molecule has 0 aromatic heterocycles. The first-order chi connectivity index (χ1) is 12.1. The lowest BCUT2D eigenvalue weighted by molar-refractivity contribution is -0.165. The number of esters is 2. The zero-order chi connectivity index (χ0) is 19.8. The average molecular weight is 364 g/mol. The van der Waals surface area contributed by atoms with E-state index in [4.69, 9.17) is 9.47 Å². The Morgan fingerprint density at radius 2 is 1.85 bits per heavy atom. The van der Waals surface area contributed by atoms with E-state index in [-0.39, 0.29) is 35.9 Å². The number of rotatable bonds is 4. The van der Waals surface area contributed by atoms with Crippen molar-refractivity contribution in [2.45, 2.75) is 59.4 Å². The molecule has 144 valence electrons. The minimum atomic E-state index is -1.01. The van der Waals surface area contributed by atoms with Crippen molar-refractivity contribution < 1.29 is 29.0 Å². The van der Waals surface area contributed by atoms with E-state index in [2.05, 4.69) is 6.58 Å². The molecule has 0 aromatic carbocycles. The molecule has 2 fully saturated rings. The van der Waals surface area contributed by atoms with E-state index >= 15 is 0 Å². The first-order valence-electron chi connectivity index (χ1n) is 9.00. The number of aliphatic hydroxyl groups is 1. The first-order valence-corrected chi connectivity index (χ1v) is 9.00. The molecule has 0 aliphatic heterocycles. The average Bonchev–Trinajstić information content (AvgIpc) is 2.86. The number of fused-ring (bicyclic) bond motifs is 1. The van der Waals surface area contributed by atoms with E-state index in [1.807, 2.05) is 13.8 Å². The molecule has 0 spiro atoms. The minimum Gasteiger partial charge on any atom is -0.454 e. The number of aliphatic hydroxyl groups excluding tert-OH is 1. The van der Waals surface area contributed by atoms with Crippen LogP contribution in [0.5, 0.6) is 0 Å². The van der Waals surface area contributed by atoms with Crippen LogP contribution < -0.4 is 0 Å². The van der Waals surface area contributed by atoms with Crippen molar-refractivity contribution >= 4 is 17.7 Å². The molecule has 0 bridgehead atoms. The van der Waals surface area contributed by atoms with Gasteiger partial charge in [0.25, 0.3) is 0 Å². The summed E-state index contributed by atoms with van der Waals surface area (Å²) in [5.74, 6) is -2.21. The number of allylic oxidation sites excluding steroid dienone is 1. The van der Waals surface area contributed by atoms with Gasteiger partial charge in [0.15, 0.2) is 11.9 Å². The lowest BCUT2D eigenvalue weighted by Crippen LogP contribution is -2.53. The second kappa shape index (κ2) is 7.74. The first kappa shape index (κ1) is 20.4. The summed E-state index contributed by atoms with van der Waals surface area (Å²) in [5, 5.41) is 10.9. The van der Waals surface area contributed by atoms with Gasteiger partial charge < -0.3 is 14.6 Å². The topological polar surface area (TPSA) is 89.9 Å². The van der Waals surface area contributed by atoms with E-state index in [1.165, 1.54) is 6.92 Å². The van der Waals surface area contributed by atoms with Gasteiger partial charge in [0.1, 0.15) is 6.10 Å². The fourth-order valence-corrected chi connectivity index (χ4v) is 4.24. The highest BCUT2D eigenvalue weighted by molar-refractivity contribution is 5.89. The third kappa shape index (κ3) is 3.61. The molecule has 2 saturated carbocycles. The summed E-state index contributed by atoms with van der Waals surface area (Å²) >= 11 is 0. The van der Waals surface area contributed by atoms with Gasteiger partial charge >= 0.3 is 11.9 Å². The normalized spacial score (nSPS) is 34.7. The molecule has 2 rings (SSSR count). The third-order valence-corrected chi connectivity index (χ3v) is 5.60. The lowest BCUT2D eigenvalue weighted by atomic mass is 9.64. The highest BCUT2D eigenvalue weighted by Crippen LogP contribution is 2.50. The fraction of sp³-hybridized carbons (Fsp3) is 0.650. The Kier molecular flexibility index (Phi) is 6.06. The van der Waals surface area contributed by atoms with Gasteiger partial charge in [-0.25, -0.2) is 4.79 Å². The number of carbonyl (C=O) groups is 3. The van der Waals surface area contributed by atoms with Crippen molar-refractivity contribution in [1.29, 1.82) is 0 Å². The molecule has 0 heterocycles. The molecular formula is C20H28O6. The van der Waals surface area contributed by atoms with Crippen LogP contribution in [-0.4, -0.2) is 41.1 Å². The molecule has 26 heavy (non-hydrogen) atoms. The van der Waals surface area contributed by atoms with E-state index in [0.717, 1.165) is 0 Å². The van der Waals surface area contributed by atoms with Crippen molar-refractivity contribution in [2.75, 3.05) is 0 Å². The zero-order valence-corrected chi connectivity index (χ0v) is 16.0. The molecule has 6 nitrogen and oxygen atoms in total. The summed E-state index contributed by atoms with van der Waals surface area (Å²) in [4.78, 5) is 36.1. The quantitative estimate of drug-likeness (QED) is 0.467. The molecule has 0 unspecified atom stereocenters. The molecule has 1 N–H and O–H groups in total. The SMILES string of the molecule is C=C1[C@@H]2CC(=O)[C@H](OC(C)=O)[C@H]2[C@H](C(C)C)[C@H](O)[C@H]1OC(=O)/C(C)=C\C. The Hall–Kier alpha value is -1.95. The van der Waals surface area contributed by atoms with Crippen molar-refractivity contribution in [3.63, 3.8) is 0 Å². The zero-order valence-electron chi connectivity index (χ0n) is 16.0. The summed E-state index contributed by atoms with van der Waals surface area (Å²) in [7, 11) is 0. The third-order valence-electron chi connectivity index (χ3n) is 5.60. The van der Waals surface area contributed by atoms with Gasteiger partial charge in [-0.2, -0.15) is 0 Å². The van der Waals surface area contributed by atoms with Gasteiger partial charge in [0, 0.05) is 24.8 Å². The van der Waals surface area contributed by atoms with E-state index in [1.54, 1.807) is 19.9 Å². The van der Waals surface area contributed by atoms with Crippen LogP contribution in [0.2, 0.25) is 0 Å². The Morgan fingerprint density at radius 3 is 2.35 bits per heavy atom. The highest BCUT2D eigenvalue weighted by atomic mass is 16.6. The van der Waals surface area contributed by atoms with Crippen LogP contribution in [0.15, 0.2) is 23.8 Å². The fourth-order valence-electron chi connectivity index (χ4n) is 4.24. The minimum absolute atomic E-state index is 0.00132. The van der Waals surface area contributed by atoms with Gasteiger partial charge in [-0.05, 0) is 37.2 Å². The maximum atomic E-state index is 12.5. The molecular weight excluding hydrogens is 336 g/mol. The molecule has 6 heteroatoms. The number of hydrogen-bond donors (Lipinski definition) is 1. The number of Topliss-reactive ketones (excluding diaryl/α,β-unsaturated/α-hetero) is 1. The second-order valence-electron chi connectivity index (χ2n) is 7.57. The van der Waals surface area contributed by atoms with Gasteiger partial charge in [-0.1, -0.05) is 26.5 Å². The van der Waals surface area contributed by atoms with Gasteiger partial charge in [-0.3, -0.25) is 9.59 Å². The van der Waals surface area contributed by atoms with Gasteiger partial charge in [-0.15, -0.1) is 0 Å². The van der Waals surface area contributed by atoms with Crippen molar-refractivity contribution in [2.24, 2.45) is 23.7 Å². The number of ketones is 1. The van der Waals surface area contributed by atoms with Crippen LogP contribution in [-0.2, 0) is 23.9 Å². The van der Waals surface area contributed by atoms with Crippen LogP contribution in [0.1, 0.15) is 41.0 Å². The van der Waals surface area contributed by atoms with Crippen molar-refractivity contribution in [1.82, 2.24) is 0 Å². The smallest absolute Gasteiger partial charge is 0.334 e. The molecule has 0 saturated heterocycles. The maximum Gasteiger partial charge on any atom is 0.334 e. The Morgan fingerprint density at radius 1 is 1.23 bits per heavy atom. The van der Waals surface area contributed by atoms with Crippen LogP contribution in [0.4, 0.5) is 0 Å². The molecule has 6 atom stereocenters. The highest BCUT2D eigenvalue weighted by Gasteiger charge is 2.58. The Balaban J connectivity index is 2.37. The summed E-state index contributed by atoms with van der Waals surface area (Å²) in [5.41, 5.74) is 0.952. The summed E-state index contributed by atoms with van der Waals surface area (Å²) < 4.78 is 10.8. The van der Waals surface area contributed by atoms with Crippen LogP contribution in [0.25, 0.3) is 0 Å². The predicted molar refractivity (Wildman–Crippen MR) is 94.9 cm³/mol. The molecule has 0 aromatic rings. The van der Waals surface area contributed by atoms with Crippen LogP contribution >= 0.6 is 0 Å². The van der Waals surface area contributed by atoms with Gasteiger partial charge in [0.2, 0.25) is 0 Å². The summed E-state index contributed by atoms with van der Waals surface area (Å²) in [6.07, 6.45) is -0.964. The summed E-state index contributed by atoms with van der Waals surface area (Å²) in [6.45, 7) is 12.5. The molecule has 0 radical (unpaired) electrons. The van der Waals surface area contributed by atoms with E-state index < -0.39 is 30.3 Å². The Bertz CT molecular complexity index is 647. The molecule has 2 aliphatic carbocycles.